The minimum Gasteiger partial charge on any atom is -0.339 e. The lowest BCUT2D eigenvalue weighted by Gasteiger charge is -2.11. The lowest BCUT2D eigenvalue weighted by molar-refractivity contribution is 1.13. The largest absolute Gasteiger partial charge is 0.339 e. The van der Waals surface area contributed by atoms with Gasteiger partial charge in [-0.2, -0.15) is 4.98 Å². The highest BCUT2D eigenvalue weighted by atomic mass is 32.1. The normalized spacial score (nSPS) is 10.8. The third-order valence-electron chi connectivity index (χ3n) is 3.30. The van der Waals surface area contributed by atoms with Crippen LogP contribution in [0.15, 0.2) is 30.3 Å². The zero-order valence-electron chi connectivity index (χ0n) is 12.0. The first-order valence-corrected chi connectivity index (χ1v) is 7.62. The maximum atomic E-state index is 5.47. The molecule has 6 heteroatoms. The number of nitrogen functional groups attached to an aromatic ring is 1. The van der Waals surface area contributed by atoms with Gasteiger partial charge in [-0.3, -0.25) is 5.43 Å². The number of nitrogens with zero attached hydrogens (tertiary/aromatic N) is 2. The van der Waals surface area contributed by atoms with E-state index in [0.29, 0.717) is 5.95 Å². The molecule has 0 aliphatic carbocycles. The van der Waals surface area contributed by atoms with Crippen molar-refractivity contribution in [3.63, 3.8) is 0 Å². The quantitative estimate of drug-likeness (QED) is 0.507. The smallest absolute Gasteiger partial charge is 0.240 e. The van der Waals surface area contributed by atoms with Crippen molar-refractivity contribution in [3.05, 3.63) is 40.8 Å². The molecule has 1 aromatic carbocycles. The Hall–Kier alpha value is -2.18. The Morgan fingerprint density at radius 3 is 2.81 bits per heavy atom. The summed E-state index contributed by atoms with van der Waals surface area (Å²) in [7, 11) is 0. The maximum Gasteiger partial charge on any atom is 0.240 e. The number of thiophene rings is 1. The summed E-state index contributed by atoms with van der Waals surface area (Å²) in [4.78, 5) is 11.0. The first kappa shape index (κ1) is 13.8. The molecule has 0 saturated carbocycles. The van der Waals surface area contributed by atoms with Crippen molar-refractivity contribution >= 4 is 39.0 Å². The number of hydrazine groups is 1. The van der Waals surface area contributed by atoms with Crippen LogP contribution in [-0.4, -0.2) is 9.97 Å². The van der Waals surface area contributed by atoms with Crippen molar-refractivity contribution in [2.24, 2.45) is 5.84 Å². The Balaban J connectivity index is 2.10. The third-order valence-corrected chi connectivity index (χ3v) is 4.24. The highest BCUT2D eigenvalue weighted by Gasteiger charge is 2.11. The summed E-state index contributed by atoms with van der Waals surface area (Å²) in [5.74, 6) is 6.66. The zero-order chi connectivity index (χ0) is 14.8. The van der Waals surface area contributed by atoms with Crippen LogP contribution in [0.3, 0.4) is 0 Å². The van der Waals surface area contributed by atoms with Gasteiger partial charge in [-0.25, -0.2) is 10.8 Å². The summed E-state index contributed by atoms with van der Waals surface area (Å²) in [5.41, 5.74) is 4.84. The fraction of sp³-hybridized carbons (Fsp3) is 0.200. The van der Waals surface area contributed by atoms with E-state index in [2.05, 4.69) is 52.8 Å². The third kappa shape index (κ3) is 2.68. The van der Waals surface area contributed by atoms with Crippen molar-refractivity contribution in [1.29, 1.82) is 0 Å². The standard InChI is InChI=1S/C15H17N5S/c1-3-10-6-4-5-7-12(10)17-13-11-8-9(2)21-14(11)19-15(18-13)20-16/h4-8H,3,16H2,1-2H3,(H2,17,18,19,20). The summed E-state index contributed by atoms with van der Waals surface area (Å²) in [5, 5.41) is 4.43. The molecule has 0 atom stereocenters. The van der Waals surface area contributed by atoms with Crippen molar-refractivity contribution < 1.29 is 0 Å². The van der Waals surface area contributed by atoms with Crippen LogP contribution in [0.5, 0.6) is 0 Å². The summed E-state index contributed by atoms with van der Waals surface area (Å²) in [6.07, 6.45) is 0.960. The molecular formula is C15H17N5S. The molecule has 0 bridgehead atoms. The van der Waals surface area contributed by atoms with Gasteiger partial charge in [0.25, 0.3) is 0 Å². The Morgan fingerprint density at radius 1 is 1.24 bits per heavy atom. The number of nitrogens with two attached hydrogens (primary N) is 1. The van der Waals surface area contributed by atoms with Crippen molar-refractivity contribution in [3.8, 4) is 0 Å². The molecule has 0 amide bonds. The predicted molar refractivity (Wildman–Crippen MR) is 89.1 cm³/mol. The molecule has 2 heterocycles. The van der Waals surface area contributed by atoms with Crippen molar-refractivity contribution in [1.82, 2.24) is 9.97 Å². The van der Waals surface area contributed by atoms with Crippen LogP contribution in [0.4, 0.5) is 17.5 Å². The highest BCUT2D eigenvalue weighted by Crippen LogP contribution is 2.31. The number of hydrogen-bond acceptors (Lipinski definition) is 6. The van der Waals surface area contributed by atoms with Crippen LogP contribution in [0.25, 0.3) is 10.2 Å². The van der Waals surface area contributed by atoms with Crippen molar-refractivity contribution in [2.45, 2.75) is 20.3 Å². The van der Waals surface area contributed by atoms with E-state index >= 15 is 0 Å². The van der Waals surface area contributed by atoms with Gasteiger partial charge >= 0.3 is 0 Å². The van der Waals surface area contributed by atoms with Crippen LogP contribution in [-0.2, 0) is 6.42 Å². The molecule has 0 aliphatic rings. The summed E-state index contributed by atoms with van der Waals surface area (Å²) < 4.78 is 0. The van der Waals surface area contributed by atoms with E-state index in [0.717, 1.165) is 28.1 Å². The number of benzene rings is 1. The number of hydrogen-bond donors (Lipinski definition) is 3. The fourth-order valence-corrected chi connectivity index (χ4v) is 3.16. The molecular weight excluding hydrogens is 282 g/mol. The molecule has 0 radical (unpaired) electrons. The van der Waals surface area contributed by atoms with E-state index < -0.39 is 0 Å². The average molecular weight is 299 g/mol. The van der Waals surface area contributed by atoms with Crippen LogP contribution in [0.2, 0.25) is 0 Å². The number of nitrogens with one attached hydrogen (secondary N) is 2. The number of aryl methyl sites for hydroxylation is 2. The van der Waals surface area contributed by atoms with E-state index in [1.54, 1.807) is 11.3 Å². The second-order valence-electron chi connectivity index (χ2n) is 4.75. The number of para-hydroxylation sites is 1. The molecule has 21 heavy (non-hydrogen) atoms. The number of fused-ring (bicyclic) bond motifs is 1. The monoisotopic (exact) mass is 299 g/mol. The molecule has 0 spiro atoms. The Kier molecular flexibility index (Phi) is 3.72. The molecule has 4 N–H and O–H groups in total. The van der Waals surface area contributed by atoms with E-state index in [-0.39, 0.29) is 0 Å². The molecule has 108 valence electrons. The van der Waals surface area contributed by atoms with Gasteiger partial charge in [-0.15, -0.1) is 11.3 Å². The average Bonchev–Trinajstić information content (AvgIpc) is 2.88. The number of aromatic nitrogens is 2. The lowest BCUT2D eigenvalue weighted by atomic mass is 10.1. The summed E-state index contributed by atoms with van der Waals surface area (Å²) in [6.45, 7) is 4.20. The van der Waals surface area contributed by atoms with E-state index in [1.165, 1.54) is 10.4 Å². The molecule has 5 nitrogen and oxygen atoms in total. The summed E-state index contributed by atoms with van der Waals surface area (Å²) >= 11 is 1.63. The van der Waals surface area contributed by atoms with Gasteiger partial charge in [0.15, 0.2) is 0 Å². The van der Waals surface area contributed by atoms with E-state index in [4.69, 9.17) is 5.84 Å². The minimum atomic E-state index is 0.417. The Morgan fingerprint density at radius 2 is 2.05 bits per heavy atom. The van der Waals surface area contributed by atoms with E-state index in [9.17, 15) is 0 Å². The lowest BCUT2D eigenvalue weighted by Crippen LogP contribution is -2.11. The fourth-order valence-electron chi connectivity index (χ4n) is 2.28. The highest BCUT2D eigenvalue weighted by molar-refractivity contribution is 7.18. The maximum absolute atomic E-state index is 5.47. The van der Waals surface area contributed by atoms with Gasteiger partial charge in [-0.05, 0) is 31.0 Å². The van der Waals surface area contributed by atoms with Crippen LogP contribution in [0.1, 0.15) is 17.4 Å². The molecule has 3 rings (SSSR count). The van der Waals surface area contributed by atoms with Gasteiger partial charge in [0.05, 0.1) is 5.39 Å². The predicted octanol–water partition coefficient (Wildman–Crippen LogP) is 3.59. The van der Waals surface area contributed by atoms with Crippen LogP contribution in [0, 0.1) is 6.92 Å². The first-order chi connectivity index (χ1) is 10.2. The van der Waals surface area contributed by atoms with Gasteiger partial charge in [0.1, 0.15) is 10.6 Å². The Labute approximate surface area is 127 Å². The molecule has 2 aromatic heterocycles. The van der Waals surface area contributed by atoms with Gasteiger partial charge in [0, 0.05) is 10.6 Å². The van der Waals surface area contributed by atoms with Gasteiger partial charge < -0.3 is 5.32 Å². The first-order valence-electron chi connectivity index (χ1n) is 6.81. The topological polar surface area (TPSA) is 75.9 Å². The van der Waals surface area contributed by atoms with Crippen molar-refractivity contribution in [2.75, 3.05) is 10.7 Å². The number of anilines is 3. The molecule has 0 fully saturated rings. The zero-order valence-corrected chi connectivity index (χ0v) is 12.8. The molecule has 0 saturated heterocycles. The number of rotatable bonds is 4. The molecule has 3 aromatic rings. The Bertz CT molecular complexity index is 781. The van der Waals surface area contributed by atoms with Crippen LogP contribution < -0.4 is 16.6 Å². The summed E-state index contributed by atoms with van der Waals surface area (Å²) in [6, 6.07) is 10.3. The van der Waals surface area contributed by atoms with Crippen LogP contribution >= 0.6 is 11.3 Å². The van der Waals surface area contributed by atoms with E-state index in [1.807, 2.05) is 12.1 Å². The SMILES string of the molecule is CCc1ccccc1Nc1nc(NN)nc2sc(C)cc12. The van der Waals surface area contributed by atoms with Gasteiger partial charge in [-0.1, -0.05) is 25.1 Å². The second kappa shape index (κ2) is 5.67. The minimum absolute atomic E-state index is 0.417. The van der Waals surface area contributed by atoms with Gasteiger partial charge in [0.2, 0.25) is 5.95 Å². The second-order valence-corrected chi connectivity index (χ2v) is 5.99. The molecule has 0 aliphatic heterocycles. The molecule has 0 unspecified atom stereocenters.